The number of rotatable bonds is 22. The highest BCUT2D eigenvalue weighted by Gasteiger charge is 2.31. The number of hydrogen-bond donors (Lipinski definition) is 3. The molecule has 0 bridgehead atoms. The number of nitrogens with one attached hydrogen (secondary N) is 2. The van der Waals surface area contributed by atoms with Crippen molar-refractivity contribution in [2.75, 3.05) is 0 Å². The first-order chi connectivity index (χ1) is 36.4. The van der Waals surface area contributed by atoms with Gasteiger partial charge in [-0.05, 0) is 142 Å². The van der Waals surface area contributed by atoms with Crippen LogP contribution < -0.4 is 10.6 Å². The number of carbonyl (C=O) groups is 2. The molecule has 2 aromatic carbocycles. The number of benzene rings is 2. The van der Waals surface area contributed by atoms with Crippen LogP contribution in [-0.4, -0.2) is 46.0 Å². The monoisotopic (exact) mass is 991 g/mol. The Hall–Kier alpha value is -7.14. The van der Waals surface area contributed by atoms with Gasteiger partial charge in [-0.1, -0.05) is 105 Å². The summed E-state index contributed by atoms with van der Waals surface area (Å²) in [6.45, 7) is 4.97. The molecule has 2 fully saturated rings. The maximum absolute atomic E-state index is 13.1. The Labute approximate surface area is 437 Å². The number of unbranched alkanes of at least 4 members (excludes halogenated alkanes) is 4. The number of aryl methyl sites for hydroxylation is 3. The van der Waals surface area contributed by atoms with Gasteiger partial charge in [-0.15, -0.1) is 0 Å². The van der Waals surface area contributed by atoms with Crippen molar-refractivity contribution in [3.05, 3.63) is 163 Å². The molecule has 0 aliphatic heterocycles. The van der Waals surface area contributed by atoms with Gasteiger partial charge in [-0.2, -0.15) is 0 Å². The van der Waals surface area contributed by atoms with E-state index in [1.165, 1.54) is 73.4 Å². The fraction of sp³-hybridized carbons (Fsp3) is 0.397. The average molecular weight is 991 g/mol. The van der Waals surface area contributed by atoms with Crippen molar-refractivity contribution in [3.63, 3.8) is 0 Å². The average Bonchev–Trinajstić information content (AvgIpc) is 4.30. The summed E-state index contributed by atoms with van der Waals surface area (Å²) in [5.41, 5.74) is 9.82. The minimum atomic E-state index is 0.0985. The van der Waals surface area contributed by atoms with Crippen LogP contribution in [0.4, 0.5) is 0 Å². The Kier molecular flexibility index (Phi) is 18.3. The molecule has 2 atom stereocenters. The van der Waals surface area contributed by atoms with Crippen molar-refractivity contribution in [1.82, 2.24) is 39.7 Å². The largest absolute Gasteiger partial charge is 0.508 e. The van der Waals surface area contributed by atoms with Gasteiger partial charge in [0.15, 0.2) is 0 Å². The zero-order chi connectivity index (χ0) is 50.9. The van der Waals surface area contributed by atoms with Crippen molar-refractivity contribution in [2.24, 2.45) is 23.7 Å². The van der Waals surface area contributed by atoms with Gasteiger partial charge in [0.25, 0.3) is 0 Å². The molecule has 384 valence electrons. The molecule has 0 spiro atoms. The Morgan fingerprint density at radius 1 is 0.527 bits per heavy atom. The molecule has 2 amide bonds. The number of aromatic hydroxyl groups is 1. The van der Waals surface area contributed by atoms with E-state index in [9.17, 15) is 14.7 Å². The normalized spacial score (nSPS) is 14.7. The zero-order valence-electron chi connectivity index (χ0n) is 43.3. The quantitative estimate of drug-likeness (QED) is 0.0575. The van der Waals surface area contributed by atoms with Crippen LogP contribution in [0.5, 0.6) is 5.75 Å². The maximum Gasteiger partial charge on any atom is 0.223 e. The molecule has 3 N–H and O–H groups in total. The van der Waals surface area contributed by atoms with E-state index in [1.54, 1.807) is 24.5 Å². The first kappa shape index (κ1) is 51.7. The SMILES string of the molecule is Cc1ccc(-c2cn(CCCCCC(C(=O)NCc3ccccn3)C3CCCC3)c3ncccc23)cc1.O=C(NCc1ccccn1)C(CCCCCn1cc(-c2ccc(O)cc2)c2cccnc21)C1CCCC1. The lowest BCUT2D eigenvalue weighted by atomic mass is 9.85. The summed E-state index contributed by atoms with van der Waals surface area (Å²) < 4.78 is 4.55. The molecule has 0 saturated heterocycles. The number of hydrogen-bond acceptors (Lipinski definition) is 7. The third-order valence-corrected chi connectivity index (χ3v) is 15.6. The lowest BCUT2D eigenvalue weighted by Crippen LogP contribution is -2.34. The molecule has 2 saturated carbocycles. The molecule has 11 nitrogen and oxygen atoms in total. The summed E-state index contributed by atoms with van der Waals surface area (Å²) in [5.74, 6) is 1.92. The molecule has 11 heteroatoms. The van der Waals surface area contributed by atoms with Gasteiger partial charge in [0.2, 0.25) is 11.8 Å². The van der Waals surface area contributed by atoms with Crippen LogP contribution in [0, 0.1) is 30.6 Å². The van der Waals surface area contributed by atoms with Gasteiger partial charge < -0.3 is 24.9 Å². The summed E-state index contributed by atoms with van der Waals surface area (Å²) in [4.78, 5) is 44.3. The molecular weight excluding hydrogens is 917 g/mol. The smallest absolute Gasteiger partial charge is 0.223 e. The van der Waals surface area contributed by atoms with E-state index in [-0.39, 0.29) is 29.4 Å². The number of phenols is 1. The number of carbonyl (C=O) groups excluding carboxylic acids is 2. The molecular formula is C63H74N8O3. The Morgan fingerprint density at radius 2 is 0.959 bits per heavy atom. The number of phenolic OH excluding ortho intramolecular Hbond substituents is 1. The molecule has 2 unspecified atom stereocenters. The minimum absolute atomic E-state index is 0.0985. The molecule has 6 heterocycles. The topological polar surface area (TPSA) is 140 Å². The molecule has 2 aliphatic carbocycles. The zero-order valence-corrected chi connectivity index (χ0v) is 43.3. The molecule has 74 heavy (non-hydrogen) atoms. The molecule has 2 aliphatic rings. The van der Waals surface area contributed by atoms with E-state index in [1.807, 2.05) is 73.1 Å². The van der Waals surface area contributed by atoms with E-state index >= 15 is 0 Å². The second kappa shape index (κ2) is 26.2. The predicted molar refractivity (Wildman–Crippen MR) is 297 cm³/mol. The Bertz CT molecular complexity index is 2790. The van der Waals surface area contributed by atoms with Crippen molar-refractivity contribution in [2.45, 2.75) is 136 Å². The predicted octanol–water partition coefficient (Wildman–Crippen LogP) is 13.6. The maximum atomic E-state index is 13.1. The molecule has 0 radical (unpaired) electrons. The lowest BCUT2D eigenvalue weighted by molar-refractivity contribution is -0.128. The third kappa shape index (κ3) is 13.7. The van der Waals surface area contributed by atoms with Gasteiger partial charge in [0.05, 0.1) is 24.5 Å². The van der Waals surface area contributed by atoms with Gasteiger partial charge in [-0.3, -0.25) is 19.6 Å². The van der Waals surface area contributed by atoms with Crippen LogP contribution in [0.3, 0.4) is 0 Å². The first-order valence-electron chi connectivity index (χ1n) is 27.5. The Morgan fingerprint density at radius 3 is 1.39 bits per heavy atom. The second-order valence-corrected chi connectivity index (χ2v) is 20.7. The van der Waals surface area contributed by atoms with E-state index < -0.39 is 0 Å². The van der Waals surface area contributed by atoms with E-state index in [4.69, 9.17) is 4.98 Å². The summed E-state index contributed by atoms with van der Waals surface area (Å²) in [7, 11) is 0. The van der Waals surface area contributed by atoms with Crippen LogP contribution >= 0.6 is 0 Å². The van der Waals surface area contributed by atoms with Gasteiger partial charge in [0, 0.05) is 84.0 Å². The van der Waals surface area contributed by atoms with Gasteiger partial charge in [-0.25, -0.2) is 9.97 Å². The van der Waals surface area contributed by atoms with Crippen LogP contribution in [0.15, 0.2) is 146 Å². The van der Waals surface area contributed by atoms with Crippen molar-refractivity contribution in [1.29, 1.82) is 0 Å². The second-order valence-electron chi connectivity index (χ2n) is 20.7. The molecule has 8 aromatic rings. The number of fused-ring (bicyclic) bond motifs is 2. The summed E-state index contributed by atoms with van der Waals surface area (Å²) in [6.07, 6.45) is 29.8. The summed E-state index contributed by atoms with van der Waals surface area (Å²) in [5, 5.41) is 18.3. The number of amides is 2. The lowest BCUT2D eigenvalue weighted by Gasteiger charge is -2.22. The Balaban J connectivity index is 0.000000182. The van der Waals surface area contributed by atoms with Crippen LogP contribution in [0.2, 0.25) is 0 Å². The van der Waals surface area contributed by atoms with Gasteiger partial charge in [0.1, 0.15) is 17.0 Å². The van der Waals surface area contributed by atoms with Crippen LogP contribution in [0.25, 0.3) is 44.3 Å². The fourth-order valence-corrected chi connectivity index (χ4v) is 11.6. The van der Waals surface area contributed by atoms with Crippen LogP contribution in [-0.2, 0) is 35.8 Å². The molecule has 6 aromatic heterocycles. The van der Waals surface area contributed by atoms with E-state index in [0.29, 0.717) is 24.9 Å². The van der Waals surface area contributed by atoms with Crippen molar-refractivity contribution >= 4 is 33.9 Å². The summed E-state index contributed by atoms with van der Waals surface area (Å²) in [6, 6.07) is 36.0. The first-order valence-corrected chi connectivity index (χ1v) is 27.5. The molecule has 10 rings (SSSR count). The number of pyridine rings is 4. The van der Waals surface area contributed by atoms with Crippen molar-refractivity contribution < 1.29 is 14.7 Å². The standard InChI is InChI=1S/C32H38N4O.C31H36N4O2/c1-24-15-17-26(18-16-24)30-23-36(31-29(30)14-9-20-34-31)21-8-2-3-13-28(25-10-4-5-11-25)32(37)35-22-27-12-6-7-19-33-27;36-26-16-14-24(15-17-26)29-22-35(30-28(29)13-8-19-33-30)20-7-1-2-12-27(23-9-3-4-10-23)31(37)34-21-25-11-5-6-18-32-25/h6-7,9,12,14-20,23,25,28H,2-5,8,10-11,13,21-22H2,1H3,(H,35,37);5-6,8,11,13-19,22-23,27,36H,1-4,7,9-10,12,20-21H2,(H,34,37). The van der Waals surface area contributed by atoms with E-state index in [2.05, 4.69) is 90.4 Å². The number of nitrogens with zero attached hydrogens (tertiary/aromatic N) is 6. The van der Waals surface area contributed by atoms with Crippen molar-refractivity contribution in [3.8, 4) is 28.0 Å². The van der Waals surface area contributed by atoms with Gasteiger partial charge >= 0.3 is 0 Å². The highest BCUT2D eigenvalue weighted by molar-refractivity contribution is 5.95. The third-order valence-electron chi connectivity index (χ3n) is 15.6. The highest BCUT2D eigenvalue weighted by atomic mass is 16.3. The van der Waals surface area contributed by atoms with Crippen LogP contribution in [0.1, 0.15) is 120 Å². The summed E-state index contributed by atoms with van der Waals surface area (Å²) >= 11 is 0. The minimum Gasteiger partial charge on any atom is -0.508 e. The fourth-order valence-electron chi connectivity index (χ4n) is 11.6. The highest BCUT2D eigenvalue weighted by Crippen LogP contribution is 2.37. The number of aromatic nitrogens is 6. The van der Waals surface area contributed by atoms with E-state index in [0.717, 1.165) is 104 Å².